The maximum atomic E-state index is 12.9. The zero-order valence-electron chi connectivity index (χ0n) is 15.0. The van der Waals surface area contributed by atoms with Crippen LogP contribution in [0.5, 0.6) is 0 Å². The summed E-state index contributed by atoms with van der Waals surface area (Å²) < 4.78 is 12.9. The minimum absolute atomic E-state index is 0.0432. The predicted octanol–water partition coefficient (Wildman–Crippen LogP) is 3.10. The molecule has 0 radical (unpaired) electrons. The Morgan fingerprint density at radius 3 is 2.55 bits per heavy atom. The predicted molar refractivity (Wildman–Crippen MR) is 109 cm³/mol. The number of hydrogen-bond donors (Lipinski definition) is 2. The highest BCUT2D eigenvalue weighted by molar-refractivity contribution is 7.99. The molecule has 0 saturated carbocycles. The molecule has 29 heavy (non-hydrogen) atoms. The molecule has 0 aliphatic rings. The van der Waals surface area contributed by atoms with Crippen molar-refractivity contribution in [2.45, 2.75) is 11.6 Å². The molecule has 1 amide bonds. The molecule has 4 N–H and O–H groups in total. The van der Waals surface area contributed by atoms with Gasteiger partial charge in [0.1, 0.15) is 23.5 Å². The van der Waals surface area contributed by atoms with Gasteiger partial charge in [0.15, 0.2) is 10.6 Å². The summed E-state index contributed by atoms with van der Waals surface area (Å²) in [4.78, 5) is 15.8. The molecule has 2 heterocycles. The van der Waals surface area contributed by atoms with E-state index in [0.29, 0.717) is 10.6 Å². The van der Waals surface area contributed by atoms with Crippen LogP contribution in [-0.2, 0) is 11.3 Å². The normalized spacial score (nSPS) is 10.2. The molecule has 2 aromatic heterocycles. The Balaban J connectivity index is 1.77. The maximum Gasteiger partial charge on any atom is 0.289 e. The number of pyridine rings is 1. The van der Waals surface area contributed by atoms with E-state index >= 15 is 0 Å². The standard InChI is InChI=1S/C20H14FN5OS2/c21-13-5-3-12(4-6-13)10-25-17(27)11-29-20-15(9-23)18(16-2-1-7-28-16)14(8-22)19(24)26-20/h1-7H,10-11H2,(H2,24,26)(H,25,27)/p+1. The first kappa shape index (κ1) is 20.3. The van der Waals surface area contributed by atoms with E-state index in [4.69, 9.17) is 5.73 Å². The van der Waals surface area contributed by atoms with Crippen molar-refractivity contribution < 1.29 is 14.2 Å². The molecule has 6 nitrogen and oxygen atoms in total. The van der Waals surface area contributed by atoms with Gasteiger partial charge >= 0.3 is 0 Å². The van der Waals surface area contributed by atoms with Gasteiger partial charge in [0.05, 0.1) is 5.75 Å². The fraction of sp³-hybridized carbons (Fsp3) is 0.100. The van der Waals surface area contributed by atoms with E-state index in [0.717, 1.165) is 22.2 Å². The summed E-state index contributed by atoms with van der Waals surface area (Å²) in [5.74, 6) is -0.404. The molecule has 0 fully saturated rings. The fourth-order valence-corrected chi connectivity index (χ4v) is 4.24. The largest absolute Gasteiger partial charge is 0.351 e. The maximum absolute atomic E-state index is 12.9. The van der Waals surface area contributed by atoms with Crippen molar-refractivity contribution in [3.05, 3.63) is 64.3 Å². The van der Waals surface area contributed by atoms with Crippen molar-refractivity contribution in [3.8, 4) is 22.6 Å². The molecule has 0 spiro atoms. The molecule has 0 bridgehead atoms. The number of nitrogens with two attached hydrogens (primary N) is 1. The topological polar surface area (TPSA) is 117 Å². The first-order chi connectivity index (χ1) is 14.0. The van der Waals surface area contributed by atoms with Crippen LogP contribution in [0.25, 0.3) is 10.4 Å². The van der Waals surface area contributed by atoms with Crippen LogP contribution in [0.3, 0.4) is 0 Å². The highest BCUT2D eigenvalue weighted by Gasteiger charge is 2.24. The smallest absolute Gasteiger partial charge is 0.289 e. The number of carbonyl (C=O) groups excluding carboxylic acids is 1. The summed E-state index contributed by atoms with van der Waals surface area (Å²) in [6.45, 7) is 0.268. The van der Waals surface area contributed by atoms with Gasteiger partial charge in [-0.2, -0.15) is 10.5 Å². The van der Waals surface area contributed by atoms with Crippen molar-refractivity contribution in [2.75, 3.05) is 11.5 Å². The monoisotopic (exact) mass is 424 g/mol. The molecular formula is C20H15FN5OS2+. The number of carbonyl (C=O) groups is 1. The number of halogens is 1. The first-order valence-electron chi connectivity index (χ1n) is 8.40. The molecule has 0 aliphatic heterocycles. The van der Waals surface area contributed by atoms with E-state index in [9.17, 15) is 19.7 Å². The number of benzene rings is 1. The van der Waals surface area contributed by atoms with Gasteiger partial charge in [-0.1, -0.05) is 30.0 Å². The number of nitrogen functional groups attached to an aromatic ring is 1. The molecule has 1 aromatic carbocycles. The quantitative estimate of drug-likeness (QED) is 0.590. The number of amides is 1. The average Bonchev–Trinajstić information content (AvgIpc) is 3.25. The Morgan fingerprint density at radius 2 is 1.93 bits per heavy atom. The summed E-state index contributed by atoms with van der Waals surface area (Å²) in [6, 6.07) is 13.7. The number of thiophene rings is 1. The van der Waals surface area contributed by atoms with Crippen LogP contribution in [0, 0.1) is 28.5 Å². The highest BCUT2D eigenvalue weighted by Crippen LogP contribution is 2.35. The van der Waals surface area contributed by atoms with Gasteiger partial charge in [0, 0.05) is 17.0 Å². The van der Waals surface area contributed by atoms with Crippen LogP contribution < -0.4 is 16.0 Å². The van der Waals surface area contributed by atoms with Gasteiger partial charge in [-0.05, 0) is 29.1 Å². The first-order valence-corrected chi connectivity index (χ1v) is 10.3. The second-order valence-corrected chi connectivity index (χ2v) is 7.82. The van der Waals surface area contributed by atoms with E-state index in [1.807, 2.05) is 23.6 Å². The van der Waals surface area contributed by atoms with Crippen molar-refractivity contribution in [3.63, 3.8) is 0 Å². The van der Waals surface area contributed by atoms with Crippen molar-refractivity contribution in [2.24, 2.45) is 0 Å². The molecule has 3 rings (SSSR count). The molecule has 0 aliphatic carbocycles. The van der Waals surface area contributed by atoms with Gasteiger partial charge in [-0.25, -0.2) is 9.37 Å². The summed E-state index contributed by atoms with van der Waals surface area (Å²) in [5.41, 5.74) is 7.71. The van der Waals surface area contributed by atoms with Crippen molar-refractivity contribution in [1.82, 2.24) is 5.32 Å². The number of anilines is 1. The van der Waals surface area contributed by atoms with E-state index in [-0.39, 0.29) is 41.0 Å². The minimum atomic E-state index is -0.338. The number of hydrogen-bond acceptors (Lipinski definition) is 6. The number of nitrogens with zero attached hydrogens (tertiary/aromatic N) is 2. The van der Waals surface area contributed by atoms with Gasteiger partial charge in [0.25, 0.3) is 5.82 Å². The Kier molecular flexibility index (Phi) is 6.45. The minimum Gasteiger partial charge on any atom is -0.351 e. The Bertz CT molecular complexity index is 1120. The Morgan fingerprint density at radius 1 is 1.21 bits per heavy atom. The van der Waals surface area contributed by atoms with Gasteiger partial charge < -0.3 is 5.32 Å². The van der Waals surface area contributed by atoms with Crippen LogP contribution in [0.15, 0.2) is 46.8 Å². The lowest BCUT2D eigenvalue weighted by Crippen LogP contribution is -2.26. The zero-order valence-corrected chi connectivity index (χ0v) is 16.7. The van der Waals surface area contributed by atoms with Gasteiger partial charge in [-0.3, -0.25) is 10.5 Å². The second kappa shape index (κ2) is 9.20. The van der Waals surface area contributed by atoms with Crippen molar-refractivity contribution in [1.29, 1.82) is 10.5 Å². The van der Waals surface area contributed by atoms with Crippen LogP contribution in [0.1, 0.15) is 16.7 Å². The number of nitrogens with one attached hydrogen (secondary N) is 2. The molecular weight excluding hydrogens is 409 g/mol. The molecule has 0 saturated heterocycles. The van der Waals surface area contributed by atoms with E-state index < -0.39 is 0 Å². The second-order valence-electron chi connectivity index (χ2n) is 5.89. The third kappa shape index (κ3) is 4.72. The van der Waals surface area contributed by atoms with Crippen molar-refractivity contribution >= 4 is 34.8 Å². The lowest BCUT2D eigenvalue weighted by molar-refractivity contribution is -0.410. The number of aromatic nitrogens is 1. The summed E-state index contributed by atoms with van der Waals surface area (Å²) in [7, 11) is 0. The molecule has 9 heteroatoms. The molecule has 0 unspecified atom stereocenters. The summed E-state index contributed by atoms with van der Waals surface area (Å²) in [5, 5.41) is 24.2. The van der Waals surface area contributed by atoms with Gasteiger partial charge in [-0.15, -0.1) is 11.3 Å². The third-order valence-electron chi connectivity index (χ3n) is 3.99. The fourth-order valence-electron chi connectivity index (χ4n) is 2.61. The lowest BCUT2D eigenvalue weighted by Gasteiger charge is -2.09. The lowest BCUT2D eigenvalue weighted by atomic mass is 10.0. The third-order valence-corrected chi connectivity index (χ3v) is 5.88. The number of thioether (sulfide) groups is 1. The van der Waals surface area contributed by atoms with Crippen LogP contribution in [0.4, 0.5) is 10.2 Å². The van der Waals surface area contributed by atoms with Gasteiger partial charge in [0.2, 0.25) is 5.91 Å². The van der Waals surface area contributed by atoms with E-state index in [2.05, 4.69) is 16.4 Å². The summed E-state index contributed by atoms with van der Waals surface area (Å²) >= 11 is 2.52. The van der Waals surface area contributed by atoms with Crippen LogP contribution in [0.2, 0.25) is 0 Å². The average molecular weight is 425 g/mol. The Labute approximate surface area is 174 Å². The SMILES string of the molecule is N#Cc1c(N)[nH+]c(SCC(=O)NCc2ccc(F)cc2)c(C#N)c1-c1cccs1. The highest BCUT2D eigenvalue weighted by atomic mass is 32.2. The molecule has 144 valence electrons. The number of H-pyrrole nitrogens is 1. The van der Waals surface area contributed by atoms with E-state index in [1.165, 1.54) is 23.5 Å². The Hall–Kier alpha value is -3.40. The molecule has 0 atom stereocenters. The van der Waals surface area contributed by atoms with Crippen LogP contribution >= 0.6 is 23.1 Å². The molecule has 3 aromatic rings. The number of nitriles is 2. The number of aromatic amines is 1. The number of rotatable bonds is 6. The summed E-state index contributed by atoms with van der Waals surface area (Å²) in [6.07, 6.45) is 0. The van der Waals surface area contributed by atoms with E-state index in [1.54, 1.807) is 12.1 Å². The zero-order chi connectivity index (χ0) is 20.8. The van der Waals surface area contributed by atoms with Crippen LogP contribution in [-0.4, -0.2) is 11.7 Å².